The average molecular weight is 382 g/mol. The zero-order valence-electron chi connectivity index (χ0n) is 15.6. The summed E-state index contributed by atoms with van der Waals surface area (Å²) in [6, 6.07) is 27.1. The van der Waals surface area contributed by atoms with Crippen LogP contribution in [0, 0.1) is 0 Å². The van der Waals surface area contributed by atoms with Gasteiger partial charge in [-0.2, -0.15) is 0 Å². The molecule has 2 aromatic heterocycles. The number of fused-ring (bicyclic) bond motifs is 3. The van der Waals surface area contributed by atoms with Gasteiger partial charge in [0.15, 0.2) is 0 Å². The first kappa shape index (κ1) is 17.2. The zero-order chi connectivity index (χ0) is 19.8. The van der Waals surface area contributed by atoms with E-state index in [4.69, 9.17) is 0 Å². The number of benzene rings is 3. The Hall–Kier alpha value is -3.93. The predicted octanol–water partition coefficient (Wildman–Crippen LogP) is 2.91. The number of aromatic nitrogens is 4. The summed E-state index contributed by atoms with van der Waals surface area (Å²) in [6.45, 7) is 0.798. The molecule has 0 aliphatic carbocycles. The highest BCUT2D eigenvalue weighted by Gasteiger charge is 2.17. The van der Waals surface area contributed by atoms with Crippen LogP contribution in [-0.4, -0.2) is 18.7 Å². The first-order valence-corrected chi connectivity index (χ1v) is 9.41. The van der Waals surface area contributed by atoms with Gasteiger partial charge >= 0.3 is 11.1 Å². The van der Waals surface area contributed by atoms with E-state index < -0.39 is 11.1 Å². The first-order valence-electron chi connectivity index (χ1n) is 9.41. The van der Waals surface area contributed by atoms with Crippen molar-refractivity contribution in [1.82, 2.24) is 18.7 Å². The Morgan fingerprint density at radius 3 is 1.83 bits per heavy atom. The van der Waals surface area contributed by atoms with Gasteiger partial charge < -0.3 is 4.57 Å². The van der Waals surface area contributed by atoms with Crippen molar-refractivity contribution in [3.05, 3.63) is 117 Å². The maximum absolute atomic E-state index is 13.0. The molecule has 3 aromatic carbocycles. The number of hydrogen-bond acceptors (Lipinski definition) is 3. The topological polar surface area (TPSA) is 61.3 Å². The normalized spacial score (nSPS) is 11.3. The third kappa shape index (κ3) is 2.95. The summed E-state index contributed by atoms with van der Waals surface area (Å²) in [4.78, 5) is 25.8. The maximum atomic E-state index is 13.0. The van der Waals surface area contributed by atoms with Gasteiger partial charge in [-0.25, -0.2) is 9.08 Å². The van der Waals surface area contributed by atoms with Crippen LogP contribution in [0.15, 0.2) is 94.5 Å². The van der Waals surface area contributed by atoms with Crippen molar-refractivity contribution in [3.63, 3.8) is 0 Å². The number of para-hydroxylation sites is 2. The standard InChI is InChI=1S/C23H18N4O2/c28-21-22(29)27-20-14-8-7-13-19(20)25(15-17-9-3-1-4-10-17)23(27)24-26(21)16-18-11-5-2-6-12-18/h1-14H,15-16H2. The van der Waals surface area contributed by atoms with Crippen LogP contribution < -0.4 is 11.1 Å². The molecule has 0 amide bonds. The molecule has 0 radical (unpaired) electrons. The molecular formula is C23H18N4O2. The van der Waals surface area contributed by atoms with Crippen LogP contribution in [0.25, 0.3) is 16.8 Å². The van der Waals surface area contributed by atoms with E-state index in [9.17, 15) is 9.59 Å². The van der Waals surface area contributed by atoms with Crippen molar-refractivity contribution in [2.75, 3.05) is 0 Å². The molecule has 6 heteroatoms. The third-order valence-electron chi connectivity index (χ3n) is 5.04. The third-order valence-corrected chi connectivity index (χ3v) is 5.04. The second-order valence-electron chi connectivity index (χ2n) is 6.95. The minimum Gasteiger partial charge on any atom is -0.304 e. The predicted molar refractivity (Wildman–Crippen MR) is 112 cm³/mol. The van der Waals surface area contributed by atoms with E-state index in [0.717, 1.165) is 16.6 Å². The van der Waals surface area contributed by atoms with E-state index in [1.807, 2.05) is 89.5 Å². The van der Waals surface area contributed by atoms with Crippen molar-refractivity contribution < 1.29 is 0 Å². The molecule has 0 saturated heterocycles. The van der Waals surface area contributed by atoms with Crippen LogP contribution in [0.2, 0.25) is 0 Å². The van der Waals surface area contributed by atoms with E-state index in [0.29, 0.717) is 17.8 Å². The number of nitrogens with zero attached hydrogens (tertiary/aromatic N) is 4. The lowest BCUT2D eigenvalue weighted by Crippen LogP contribution is -2.40. The van der Waals surface area contributed by atoms with Gasteiger partial charge in [0.1, 0.15) is 0 Å². The lowest BCUT2D eigenvalue weighted by molar-refractivity contribution is 0.614. The Bertz CT molecular complexity index is 1430. The monoisotopic (exact) mass is 382 g/mol. The Kier molecular flexibility index (Phi) is 4.09. The van der Waals surface area contributed by atoms with E-state index in [1.165, 1.54) is 9.08 Å². The quantitative estimate of drug-likeness (QED) is 0.449. The van der Waals surface area contributed by atoms with Crippen molar-refractivity contribution in [2.24, 2.45) is 0 Å². The van der Waals surface area contributed by atoms with E-state index in [2.05, 4.69) is 5.10 Å². The fraction of sp³-hybridized carbons (Fsp3) is 0.0870. The summed E-state index contributed by atoms with van der Waals surface area (Å²) in [6.07, 6.45) is 0. The lowest BCUT2D eigenvalue weighted by atomic mass is 10.2. The summed E-state index contributed by atoms with van der Waals surface area (Å²) < 4.78 is 4.66. The Balaban J connectivity index is 1.78. The zero-order valence-corrected chi connectivity index (χ0v) is 15.6. The highest BCUT2D eigenvalue weighted by molar-refractivity contribution is 5.80. The molecule has 0 aliphatic rings. The minimum atomic E-state index is -0.631. The van der Waals surface area contributed by atoms with Crippen LogP contribution in [0.4, 0.5) is 0 Å². The molecule has 29 heavy (non-hydrogen) atoms. The summed E-state index contributed by atoms with van der Waals surface area (Å²) in [7, 11) is 0. The maximum Gasteiger partial charge on any atom is 0.333 e. The molecule has 0 atom stereocenters. The lowest BCUT2D eigenvalue weighted by Gasteiger charge is -2.08. The van der Waals surface area contributed by atoms with E-state index in [-0.39, 0.29) is 6.54 Å². The Labute approximate surface area is 165 Å². The van der Waals surface area contributed by atoms with Gasteiger partial charge in [-0.15, -0.1) is 5.10 Å². The molecule has 0 aliphatic heterocycles. The van der Waals surface area contributed by atoms with Crippen molar-refractivity contribution in [3.8, 4) is 0 Å². The molecule has 0 bridgehead atoms. The highest BCUT2D eigenvalue weighted by Crippen LogP contribution is 2.19. The second-order valence-corrected chi connectivity index (χ2v) is 6.95. The molecule has 0 N–H and O–H groups in total. The SMILES string of the molecule is O=c1c(=O)n2c3ccccc3n(Cc3ccccc3)c2nn1Cc1ccccc1. The number of rotatable bonds is 4. The van der Waals surface area contributed by atoms with Crippen molar-refractivity contribution in [2.45, 2.75) is 13.1 Å². The van der Waals surface area contributed by atoms with Crippen molar-refractivity contribution >= 4 is 16.8 Å². The summed E-state index contributed by atoms with van der Waals surface area (Å²) >= 11 is 0. The second kappa shape index (κ2) is 6.91. The van der Waals surface area contributed by atoms with Crippen LogP contribution >= 0.6 is 0 Å². The van der Waals surface area contributed by atoms with Gasteiger partial charge in [-0.1, -0.05) is 72.8 Å². The molecule has 0 spiro atoms. The highest BCUT2D eigenvalue weighted by atomic mass is 16.2. The first-order chi connectivity index (χ1) is 14.2. The fourth-order valence-electron chi connectivity index (χ4n) is 3.66. The van der Waals surface area contributed by atoms with Crippen LogP contribution in [-0.2, 0) is 13.1 Å². The molecule has 5 rings (SSSR count). The van der Waals surface area contributed by atoms with Gasteiger partial charge in [0.2, 0.25) is 5.78 Å². The molecule has 6 nitrogen and oxygen atoms in total. The molecule has 142 valence electrons. The minimum absolute atomic E-state index is 0.248. The van der Waals surface area contributed by atoms with Gasteiger partial charge in [0.05, 0.1) is 24.1 Å². The molecule has 0 saturated carbocycles. The Morgan fingerprint density at radius 1 is 0.621 bits per heavy atom. The van der Waals surface area contributed by atoms with Crippen LogP contribution in [0.3, 0.4) is 0 Å². The van der Waals surface area contributed by atoms with Gasteiger partial charge in [0, 0.05) is 0 Å². The fourth-order valence-corrected chi connectivity index (χ4v) is 3.66. The average Bonchev–Trinajstić information content (AvgIpc) is 3.07. The van der Waals surface area contributed by atoms with E-state index in [1.54, 1.807) is 0 Å². The summed E-state index contributed by atoms with van der Waals surface area (Å²) in [5.41, 5.74) is 2.32. The molecule has 0 unspecified atom stereocenters. The number of hydrogen-bond donors (Lipinski definition) is 0. The smallest absolute Gasteiger partial charge is 0.304 e. The van der Waals surface area contributed by atoms with E-state index >= 15 is 0 Å². The van der Waals surface area contributed by atoms with Crippen LogP contribution in [0.1, 0.15) is 11.1 Å². The van der Waals surface area contributed by atoms with Gasteiger partial charge in [-0.3, -0.25) is 9.59 Å². The largest absolute Gasteiger partial charge is 0.333 e. The Morgan fingerprint density at radius 2 is 1.17 bits per heavy atom. The van der Waals surface area contributed by atoms with Gasteiger partial charge in [0.25, 0.3) is 0 Å². The van der Waals surface area contributed by atoms with Crippen LogP contribution in [0.5, 0.6) is 0 Å². The molecule has 5 aromatic rings. The summed E-state index contributed by atoms with van der Waals surface area (Å²) in [5, 5.41) is 4.59. The molecule has 0 fully saturated rings. The van der Waals surface area contributed by atoms with Gasteiger partial charge in [-0.05, 0) is 23.3 Å². The summed E-state index contributed by atoms with van der Waals surface area (Å²) in [5.74, 6) is 0.454. The molecular weight excluding hydrogens is 364 g/mol. The number of imidazole rings is 1. The van der Waals surface area contributed by atoms with Crippen molar-refractivity contribution in [1.29, 1.82) is 0 Å². The molecule has 2 heterocycles.